The minimum absolute atomic E-state index is 0.969. The summed E-state index contributed by atoms with van der Waals surface area (Å²) in [5.74, 6) is 0. The van der Waals surface area contributed by atoms with E-state index < -0.39 is 0 Å². The molecule has 124 valence electrons. The SMILES string of the molecule is CCCCCc1ccc(-c2ccc(CNCCCC)cc2)cc1. The van der Waals surface area contributed by atoms with Crippen molar-refractivity contribution >= 4 is 0 Å². The average molecular weight is 309 g/mol. The van der Waals surface area contributed by atoms with Gasteiger partial charge in [-0.05, 0) is 48.1 Å². The summed E-state index contributed by atoms with van der Waals surface area (Å²) in [7, 11) is 0. The summed E-state index contributed by atoms with van der Waals surface area (Å²) in [5, 5.41) is 3.49. The monoisotopic (exact) mass is 309 g/mol. The van der Waals surface area contributed by atoms with Gasteiger partial charge in [-0.1, -0.05) is 81.6 Å². The summed E-state index contributed by atoms with van der Waals surface area (Å²) in [6, 6.07) is 18.0. The first-order valence-corrected chi connectivity index (χ1v) is 9.22. The molecule has 0 aromatic heterocycles. The highest BCUT2D eigenvalue weighted by Crippen LogP contribution is 2.21. The van der Waals surface area contributed by atoms with Gasteiger partial charge < -0.3 is 5.32 Å². The number of hydrogen-bond donors (Lipinski definition) is 1. The Morgan fingerprint density at radius 1 is 0.652 bits per heavy atom. The van der Waals surface area contributed by atoms with E-state index in [9.17, 15) is 0 Å². The van der Waals surface area contributed by atoms with Crippen LogP contribution in [0.25, 0.3) is 11.1 Å². The molecule has 0 fully saturated rings. The van der Waals surface area contributed by atoms with Gasteiger partial charge in [0.15, 0.2) is 0 Å². The van der Waals surface area contributed by atoms with Crippen molar-refractivity contribution in [2.24, 2.45) is 0 Å². The van der Waals surface area contributed by atoms with Gasteiger partial charge in [-0.3, -0.25) is 0 Å². The van der Waals surface area contributed by atoms with Crippen LogP contribution in [0.15, 0.2) is 48.5 Å². The van der Waals surface area contributed by atoms with E-state index in [1.165, 1.54) is 60.8 Å². The lowest BCUT2D eigenvalue weighted by atomic mass is 10.0. The molecule has 0 saturated carbocycles. The molecular weight excluding hydrogens is 278 g/mol. The van der Waals surface area contributed by atoms with Gasteiger partial charge in [0.1, 0.15) is 0 Å². The smallest absolute Gasteiger partial charge is 0.0205 e. The maximum atomic E-state index is 3.49. The van der Waals surface area contributed by atoms with Crippen molar-refractivity contribution in [3.05, 3.63) is 59.7 Å². The Labute approximate surface area is 142 Å². The molecule has 0 aliphatic heterocycles. The van der Waals surface area contributed by atoms with Crippen LogP contribution in [0.5, 0.6) is 0 Å². The van der Waals surface area contributed by atoms with E-state index in [0.29, 0.717) is 0 Å². The molecule has 0 atom stereocenters. The van der Waals surface area contributed by atoms with E-state index in [1.807, 2.05) is 0 Å². The Morgan fingerprint density at radius 3 is 1.78 bits per heavy atom. The van der Waals surface area contributed by atoms with Gasteiger partial charge in [0.2, 0.25) is 0 Å². The lowest BCUT2D eigenvalue weighted by Crippen LogP contribution is -2.14. The fraction of sp³-hybridized carbons (Fsp3) is 0.455. The third-order valence-electron chi connectivity index (χ3n) is 4.35. The maximum Gasteiger partial charge on any atom is 0.0205 e. The molecule has 0 saturated heterocycles. The van der Waals surface area contributed by atoms with Crippen molar-refractivity contribution in [1.82, 2.24) is 5.32 Å². The Bertz CT molecular complexity index is 539. The fourth-order valence-corrected chi connectivity index (χ4v) is 2.79. The van der Waals surface area contributed by atoms with Crippen LogP contribution in [-0.2, 0) is 13.0 Å². The predicted molar refractivity (Wildman–Crippen MR) is 102 cm³/mol. The van der Waals surface area contributed by atoms with Gasteiger partial charge >= 0.3 is 0 Å². The number of benzene rings is 2. The molecule has 0 aliphatic rings. The van der Waals surface area contributed by atoms with Crippen LogP contribution >= 0.6 is 0 Å². The molecule has 2 aromatic rings. The standard InChI is InChI=1S/C22H31N/c1-3-5-7-8-19-9-13-21(14-10-19)22-15-11-20(12-16-22)18-23-17-6-4-2/h9-16,23H,3-8,17-18H2,1-2H3. The average Bonchev–Trinajstić information content (AvgIpc) is 2.60. The molecule has 1 heteroatoms. The largest absolute Gasteiger partial charge is 0.313 e. The van der Waals surface area contributed by atoms with E-state index in [-0.39, 0.29) is 0 Å². The second-order valence-corrected chi connectivity index (χ2v) is 6.38. The van der Waals surface area contributed by atoms with Crippen LogP contribution in [-0.4, -0.2) is 6.54 Å². The van der Waals surface area contributed by atoms with Gasteiger partial charge in [0, 0.05) is 6.54 Å². The molecule has 0 radical (unpaired) electrons. The zero-order valence-corrected chi connectivity index (χ0v) is 14.8. The van der Waals surface area contributed by atoms with Crippen LogP contribution in [0.3, 0.4) is 0 Å². The molecule has 1 nitrogen and oxygen atoms in total. The summed E-state index contributed by atoms with van der Waals surface area (Å²) < 4.78 is 0. The predicted octanol–water partition coefficient (Wildman–Crippen LogP) is 5.98. The molecule has 1 N–H and O–H groups in total. The zero-order chi connectivity index (χ0) is 16.3. The minimum Gasteiger partial charge on any atom is -0.313 e. The van der Waals surface area contributed by atoms with E-state index >= 15 is 0 Å². The van der Waals surface area contributed by atoms with Gasteiger partial charge in [-0.15, -0.1) is 0 Å². The van der Waals surface area contributed by atoms with Gasteiger partial charge in [-0.25, -0.2) is 0 Å². The molecule has 2 rings (SSSR count). The van der Waals surface area contributed by atoms with Crippen molar-refractivity contribution in [1.29, 1.82) is 0 Å². The van der Waals surface area contributed by atoms with Crippen molar-refractivity contribution in [3.8, 4) is 11.1 Å². The summed E-state index contributed by atoms with van der Waals surface area (Å²) in [6.07, 6.45) is 7.63. The van der Waals surface area contributed by atoms with E-state index in [0.717, 1.165) is 13.1 Å². The van der Waals surface area contributed by atoms with Gasteiger partial charge in [-0.2, -0.15) is 0 Å². The Balaban J connectivity index is 1.88. The van der Waals surface area contributed by atoms with Crippen molar-refractivity contribution in [3.63, 3.8) is 0 Å². The van der Waals surface area contributed by atoms with Crippen LogP contribution in [0, 0.1) is 0 Å². The lowest BCUT2D eigenvalue weighted by Gasteiger charge is -2.07. The Morgan fingerprint density at radius 2 is 1.22 bits per heavy atom. The highest BCUT2D eigenvalue weighted by Gasteiger charge is 2.00. The van der Waals surface area contributed by atoms with Gasteiger partial charge in [0.05, 0.1) is 0 Å². The van der Waals surface area contributed by atoms with Crippen molar-refractivity contribution in [2.45, 2.75) is 58.9 Å². The molecule has 23 heavy (non-hydrogen) atoms. The van der Waals surface area contributed by atoms with E-state index in [2.05, 4.69) is 67.7 Å². The fourth-order valence-electron chi connectivity index (χ4n) is 2.79. The first-order valence-electron chi connectivity index (χ1n) is 9.22. The molecule has 0 unspecified atom stereocenters. The molecule has 0 spiro atoms. The molecule has 0 bridgehead atoms. The quantitative estimate of drug-likeness (QED) is 0.533. The van der Waals surface area contributed by atoms with Gasteiger partial charge in [0.25, 0.3) is 0 Å². The van der Waals surface area contributed by atoms with Crippen molar-refractivity contribution < 1.29 is 0 Å². The molecule has 0 amide bonds. The first-order chi connectivity index (χ1) is 11.3. The van der Waals surface area contributed by atoms with Crippen molar-refractivity contribution in [2.75, 3.05) is 6.54 Å². The molecule has 0 aliphatic carbocycles. The third kappa shape index (κ3) is 6.19. The topological polar surface area (TPSA) is 12.0 Å². The highest BCUT2D eigenvalue weighted by atomic mass is 14.8. The number of aryl methyl sites for hydroxylation is 1. The number of hydrogen-bond acceptors (Lipinski definition) is 1. The van der Waals surface area contributed by atoms with Crippen LogP contribution in [0.2, 0.25) is 0 Å². The van der Waals surface area contributed by atoms with Crippen LogP contribution in [0.1, 0.15) is 57.1 Å². The Hall–Kier alpha value is -1.60. The molecule has 2 aromatic carbocycles. The Kier molecular flexibility index (Phi) is 7.89. The summed E-state index contributed by atoms with van der Waals surface area (Å²) in [5.41, 5.74) is 5.44. The highest BCUT2D eigenvalue weighted by molar-refractivity contribution is 5.63. The maximum absolute atomic E-state index is 3.49. The number of rotatable bonds is 10. The summed E-state index contributed by atoms with van der Waals surface area (Å²) >= 11 is 0. The number of unbranched alkanes of at least 4 members (excludes halogenated alkanes) is 3. The van der Waals surface area contributed by atoms with E-state index in [4.69, 9.17) is 0 Å². The van der Waals surface area contributed by atoms with Crippen LogP contribution < -0.4 is 5.32 Å². The first kappa shape index (κ1) is 17.7. The summed E-state index contributed by atoms with van der Waals surface area (Å²) in [4.78, 5) is 0. The second-order valence-electron chi connectivity index (χ2n) is 6.38. The zero-order valence-electron chi connectivity index (χ0n) is 14.8. The molecular formula is C22H31N. The second kappa shape index (κ2) is 10.2. The van der Waals surface area contributed by atoms with Crippen LogP contribution in [0.4, 0.5) is 0 Å². The number of nitrogens with one attached hydrogen (secondary N) is 1. The van der Waals surface area contributed by atoms with E-state index in [1.54, 1.807) is 0 Å². The molecule has 0 heterocycles. The lowest BCUT2D eigenvalue weighted by molar-refractivity contribution is 0.641. The normalized spacial score (nSPS) is 10.9. The third-order valence-corrected chi connectivity index (χ3v) is 4.35. The minimum atomic E-state index is 0.969. The summed E-state index contributed by atoms with van der Waals surface area (Å²) in [6.45, 7) is 6.56.